The smallest absolute Gasteiger partial charge is 0.225 e. The van der Waals surface area contributed by atoms with Crippen molar-refractivity contribution in [1.29, 1.82) is 0 Å². The predicted molar refractivity (Wildman–Crippen MR) is 95.8 cm³/mol. The number of benzene rings is 2. The minimum absolute atomic E-state index is 0.168. The summed E-state index contributed by atoms with van der Waals surface area (Å²) in [6.45, 7) is 0. The van der Waals surface area contributed by atoms with Gasteiger partial charge in [-0.3, -0.25) is 9.59 Å². The number of methoxy groups -OCH3 is 1. The summed E-state index contributed by atoms with van der Waals surface area (Å²) in [6, 6.07) is 13.5. The van der Waals surface area contributed by atoms with Crippen LogP contribution in [0.5, 0.6) is 5.75 Å². The molecule has 1 amide bonds. The lowest BCUT2D eigenvalue weighted by molar-refractivity contribution is -0.115. The Labute approximate surface area is 146 Å². The van der Waals surface area contributed by atoms with E-state index in [1.54, 1.807) is 36.4 Å². The van der Waals surface area contributed by atoms with Gasteiger partial charge in [-0.2, -0.15) is 0 Å². The van der Waals surface area contributed by atoms with E-state index in [-0.39, 0.29) is 18.0 Å². The number of hydrogen-bond donors (Lipinski definition) is 1. The van der Waals surface area contributed by atoms with Crippen molar-refractivity contribution in [3.05, 3.63) is 59.7 Å². The first kappa shape index (κ1) is 18.7. The standard InChI is InChI=1S/C18H19NO5S/c1-24-16-9-8-14(18(21)13-6-4-3-5-7-13)12-15(16)19-17(20)10-11-25(2,22)23/h3-9,12H,10-11H2,1-2H3,(H,19,20). The van der Waals surface area contributed by atoms with Gasteiger partial charge in [0.15, 0.2) is 5.78 Å². The Balaban J connectivity index is 2.22. The zero-order valence-corrected chi connectivity index (χ0v) is 14.8. The summed E-state index contributed by atoms with van der Waals surface area (Å²) in [6.07, 6.45) is 0.902. The van der Waals surface area contributed by atoms with Crippen LogP contribution < -0.4 is 10.1 Å². The van der Waals surface area contributed by atoms with Gasteiger partial charge in [0.2, 0.25) is 5.91 Å². The van der Waals surface area contributed by atoms with Crippen LogP contribution in [0.2, 0.25) is 0 Å². The summed E-state index contributed by atoms with van der Waals surface area (Å²) in [5.74, 6) is -0.510. The fourth-order valence-corrected chi connectivity index (χ4v) is 2.75. The molecule has 6 nitrogen and oxygen atoms in total. The zero-order chi connectivity index (χ0) is 18.4. The van der Waals surface area contributed by atoms with Gasteiger partial charge < -0.3 is 10.1 Å². The second kappa shape index (κ2) is 7.94. The SMILES string of the molecule is COc1ccc(C(=O)c2ccccc2)cc1NC(=O)CCS(C)(=O)=O. The minimum atomic E-state index is -3.23. The average molecular weight is 361 g/mol. The third kappa shape index (κ3) is 5.42. The molecular formula is C18H19NO5S. The minimum Gasteiger partial charge on any atom is -0.495 e. The van der Waals surface area contributed by atoms with Gasteiger partial charge in [0.05, 0.1) is 18.6 Å². The zero-order valence-electron chi connectivity index (χ0n) is 14.0. The number of ether oxygens (including phenoxy) is 1. The van der Waals surface area contributed by atoms with Crippen LogP contribution in [0.25, 0.3) is 0 Å². The van der Waals surface area contributed by atoms with Gasteiger partial charge in [0.25, 0.3) is 0 Å². The van der Waals surface area contributed by atoms with Crippen molar-refractivity contribution < 1.29 is 22.7 Å². The third-order valence-corrected chi connectivity index (χ3v) is 4.42. The molecule has 0 aliphatic rings. The summed E-state index contributed by atoms with van der Waals surface area (Å²) in [7, 11) is -1.79. The second-order valence-electron chi connectivity index (χ2n) is 5.54. The van der Waals surface area contributed by atoms with E-state index in [4.69, 9.17) is 4.74 Å². The van der Waals surface area contributed by atoms with Crippen LogP contribution in [0.4, 0.5) is 5.69 Å². The predicted octanol–water partition coefficient (Wildman–Crippen LogP) is 2.30. The molecule has 0 saturated carbocycles. The number of hydrogen-bond acceptors (Lipinski definition) is 5. The van der Waals surface area contributed by atoms with Crippen LogP contribution in [-0.2, 0) is 14.6 Å². The molecule has 0 radical (unpaired) electrons. The number of amides is 1. The molecule has 2 rings (SSSR count). The molecule has 0 unspecified atom stereocenters. The van der Waals surface area contributed by atoms with E-state index in [0.29, 0.717) is 22.6 Å². The lowest BCUT2D eigenvalue weighted by atomic mass is 10.0. The van der Waals surface area contributed by atoms with Crippen molar-refractivity contribution in [2.45, 2.75) is 6.42 Å². The van der Waals surface area contributed by atoms with E-state index in [0.717, 1.165) is 6.26 Å². The molecule has 0 aliphatic heterocycles. The maximum atomic E-state index is 12.5. The quantitative estimate of drug-likeness (QED) is 0.764. The van der Waals surface area contributed by atoms with Crippen LogP contribution in [0.3, 0.4) is 0 Å². The molecule has 1 N–H and O–H groups in total. The van der Waals surface area contributed by atoms with Crippen molar-refractivity contribution >= 4 is 27.2 Å². The first-order chi connectivity index (χ1) is 11.8. The molecule has 132 valence electrons. The lowest BCUT2D eigenvalue weighted by Crippen LogP contribution is -2.17. The first-order valence-electron chi connectivity index (χ1n) is 7.55. The maximum Gasteiger partial charge on any atom is 0.225 e. The molecule has 2 aromatic rings. The fraction of sp³-hybridized carbons (Fsp3) is 0.222. The Morgan fingerprint density at radius 1 is 1.04 bits per heavy atom. The second-order valence-corrected chi connectivity index (χ2v) is 7.80. The molecule has 2 aromatic carbocycles. The van der Waals surface area contributed by atoms with E-state index in [1.807, 2.05) is 6.07 Å². The number of sulfone groups is 1. The van der Waals surface area contributed by atoms with E-state index in [2.05, 4.69) is 5.32 Å². The molecule has 0 heterocycles. The molecule has 0 bridgehead atoms. The van der Waals surface area contributed by atoms with Gasteiger partial charge in [-0.15, -0.1) is 0 Å². The van der Waals surface area contributed by atoms with Crippen LogP contribution in [-0.4, -0.2) is 39.2 Å². The Hall–Kier alpha value is -2.67. The number of rotatable bonds is 7. The Morgan fingerprint density at radius 2 is 1.72 bits per heavy atom. The molecule has 0 spiro atoms. The highest BCUT2D eigenvalue weighted by Gasteiger charge is 2.15. The fourth-order valence-electron chi connectivity index (χ4n) is 2.19. The summed E-state index contributed by atoms with van der Waals surface area (Å²) < 4.78 is 27.5. The summed E-state index contributed by atoms with van der Waals surface area (Å²) >= 11 is 0. The van der Waals surface area contributed by atoms with E-state index in [9.17, 15) is 18.0 Å². The summed E-state index contributed by atoms with van der Waals surface area (Å²) in [5.41, 5.74) is 1.25. The van der Waals surface area contributed by atoms with Gasteiger partial charge in [-0.1, -0.05) is 30.3 Å². The lowest BCUT2D eigenvalue weighted by Gasteiger charge is -2.12. The average Bonchev–Trinajstić information content (AvgIpc) is 2.59. The van der Waals surface area contributed by atoms with Crippen LogP contribution in [0.15, 0.2) is 48.5 Å². The highest BCUT2D eigenvalue weighted by molar-refractivity contribution is 7.90. The van der Waals surface area contributed by atoms with Crippen molar-refractivity contribution in [2.75, 3.05) is 24.4 Å². The molecule has 0 aliphatic carbocycles. The Kier molecular flexibility index (Phi) is 5.93. The molecule has 0 saturated heterocycles. The van der Waals surface area contributed by atoms with E-state index < -0.39 is 15.7 Å². The monoisotopic (exact) mass is 361 g/mol. The van der Waals surface area contributed by atoms with Gasteiger partial charge in [-0.25, -0.2) is 8.42 Å². The molecular weight excluding hydrogens is 342 g/mol. The number of carbonyl (C=O) groups excluding carboxylic acids is 2. The maximum absolute atomic E-state index is 12.5. The van der Waals surface area contributed by atoms with Gasteiger partial charge >= 0.3 is 0 Å². The number of ketones is 1. The van der Waals surface area contributed by atoms with E-state index >= 15 is 0 Å². The topological polar surface area (TPSA) is 89.5 Å². The molecule has 0 atom stereocenters. The van der Waals surface area contributed by atoms with Crippen molar-refractivity contribution in [2.24, 2.45) is 0 Å². The van der Waals surface area contributed by atoms with Gasteiger partial charge in [-0.05, 0) is 18.2 Å². The normalized spacial score (nSPS) is 11.0. The van der Waals surface area contributed by atoms with Crippen molar-refractivity contribution in [1.82, 2.24) is 0 Å². The summed E-state index contributed by atoms with van der Waals surface area (Å²) in [5, 5.41) is 2.60. The Morgan fingerprint density at radius 3 is 2.32 bits per heavy atom. The summed E-state index contributed by atoms with van der Waals surface area (Å²) in [4.78, 5) is 24.5. The van der Waals surface area contributed by atoms with Crippen molar-refractivity contribution in [3.63, 3.8) is 0 Å². The highest BCUT2D eigenvalue weighted by Crippen LogP contribution is 2.27. The molecule has 0 fully saturated rings. The molecule has 0 aromatic heterocycles. The highest BCUT2D eigenvalue weighted by atomic mass is 32.2. The largest absolute Gasteiger partial charge is 0.495 e. The van der Waals surface area contributed by atoms with Gasteiger partial charge in [0, 0.05) is 23.8 Å². The number of carbonyl (C=O) groups is 2. The number of nitrogens with one attached hydrogen (secondary N) is 1. The van der Waals surface area contributed by atoms with Crippen LogP contribution >= 0.6 is 0 Å². The van der Waals surface area contributed by atoms with Crippen LogP contribution in [0.1, 0.15) is 22.3 Å². The molecule has 25 heavy (non-hydrogen) atoms. The van der Waals surface area contributed by atoms with E-state index in [1.165, 1.54) is 13.2 Å². The third-order valence-electron chi connectivity index (χ3n) is 3.47. The van der Waals surface area contributed by atoms with Crippen LogP contribution in [0, 0.1) is 0 Å². The number of anilines is 1. The van der Waals surface area contributed by atoms with Crippen molar-refractivity contribution in [3.8, 4) is 5.75 Å². The Bertz CT molecular complexity index is 876. The van der Waals surface area contributed by atoms with Gasteiger partial charge in [0.1, 0.15) is 15.6 Å². The first-order valence-corrected chi connectivity index (χ1v) is 9.61. The molecule has 7 heteroatoms.